The van der Waals surface area contributed by atoms with E-state index in [9.17, 15) is 0 Å². The van der Waals surface area contributed by atoms with Gasteiger partial charge in [-0.2, -0.15) is 0 Å². The maximum Gasteiger partial charge on any atom is 0.123 e. The lowest BCUT2D eigenvalue weighted by Gasteiger charge is -2.30. The number of ether oxygens (including phenoxy) is 2. The van der Waals surface area contributed by atoms with Crippen molar-refractivity contribution in [3.63, 3.8) is 0 Å². The first-order valence-electron chi connectivity index (χ1n) is 9.12. The number of nitrogens with zero attached hydrogens (tertiary/aromatic N) is 2. The van der Waals surface area contributed by atoms with Crippen molar-refractivity contribution < 1.29 is 9.47 Å². The molecule has 25 heavy (non-hydrogen) atoms. The second-order valence-electron chi connectivity index (χ2n) is 7.87. The van der Waals surface area contributed by atoms with Gasteiger partial charge >= 0.3 is 0 Å². The van der Waals surface area contributed by atoms with E-state index in [1.165, 1.54) is 11.1 Å². The molecule has 2 aliphatic rings. The molecule has 0 radical (unpaired) electrons. The van der Waals surface area contributed by atoms with Gasteiger partial charge in [-0.1, -0.05) is 12.1 Å². The van der Waals surface area contributed by atoms with Gasteiger partial charge in [0.1, 0.15) is 17.5 Å². The molecule has 1 aromatic heterocycles. The molecule has 2 atom stereocenters. The molecule has 5 nitrogen and oxygen atoms in total. The number of imidazole rings is 1. The molecule has 1 aromatic carbocycles. The standard InChI is InChI=1S/C20H27N3O2/c1-20(2)10-15-8-14(4-5-18(15)25-20)11-22-16-6-7-24-19(9-16)17-12-21-13-23(17)3/h4-5,8,12-13,16,19,22H,6-7,9-11H2,1-3H3/t16-,19-/m1/s1. The summed E-state index contributed by atoms with van der Waals surface area (Å²) in [6, 6.07) is 7.04. The van der Waals surface area contributed by atoms with Crippen LogP contribution in [0, 0.1) is 0 Å². The summed E-state index contributed by atoms with van der Waals surface area (Å²) in [5.41, 5.74) is 3.72. The Bertz CT molecular complexity index is 753. The van der Waals surface area contributed by atoms with Gasteiger partial charge in [0.25, 0.3) is 0 Å². The van der Waals surface area contributed by atoms with Crippen molar-refractivity contribution in [2.75, 3.05) is 6.61 Å². The SMILES string of the molecule is Cn1cncc1[C@H]1C[C@H](NCc2ccc3c(c2)CC(C)(C)O3)CCO1. The number of benzene rings is 1. The second kappa shape index (κ2) is 6.46. The highest BCUT2D eigenvalue weighted by atomic mass is 16.5. The molecule has 3 heterocycles. The van der Waals surface area contributed by atoms with Crippen molar-refractivity contribution >= 4 is 0 Å². The third-order valence-corrected chi connectivity index (χ3v) is 5.19. The molecule has 4 rings (SSSR count). The van der Waals surface area contributed by atoms with Crippen molar-refractivity contribution in [1.29, 1.82) is 0 Å². The van der Waals surface area contributed by atoms with Gasteiger partial charge in [-0.3, -0.25) is 0 Å². The maximum atomic E-state index is 5.97. The van der Waals surface area contributed by atoms with Gasteiger partial charge < -0.3 is 19.4 Å². The van der Waals surface area contributed by atoms with Crippen molar-refractivity contribution in [2.24, 2.45) is 7.05 Å². The van der Waals surface area contributed by atoms with Gasteiger partial charge in [-0.25, -0.2) is 4.98 Å². The molecule has 0 spiro atoms. The number of rotatable bonds is 4. The zero-order valence-electron chi connectivity index (χ0n) is 15.3. The van der Waals surface area contributed by atoms with Crippen LogP contribution in [0.5, 0.6) is 5.75 Å². The summed E-state index contributed by atoms with van der Waals surface area (Å²) in [7, 11) is 2.02. The lowest BCUT2D eigenvalue weighted by Crippen LogP contribution is -2.36. The fourth-order valence-electron chi connectivity index (χ4n) is 3.90. The molecule has 0 aliphatic carbocycles. The third-order valence-electron chi connectivity index (χ3n) is 5.19. The van der Waals surface area contributed by atoms with E-state index in [0.717, 1.165) is 43.9 Å². The normalized spacial score (nSPS) is 24.8. The predicted molar refractivity (Wildman–Crippen MR) is 96.6 cm³/mol. The van der Waals surface area contributed by atoms with Crippen LogP contribution in [0.15, 0.2) is 30.7 Å². The smallest absolute Gasteiger partial charge is 0.123 e. The van der Waals surface area contributed by atoms with Crippen LogP contribution in [0.2, 0.25) is 0 Å². The van der Waals surface area contributed by atoms with E-state index in [4.69, 9.17) is 9.47 Å². The van der Waals surface area contributed by atoms with E-state index in [-0.39, 0.29) is 11.7 Å². The Labute approximate surface area is 149 Å². The van der Waals surface area contributed by atoms with E-state index in [1.807, 2.05) is 19.6 Å². The summed E-state index contributed by atoms with van der Waals surface area (Å²) < 4.78 is 14.0. The van der Waals surface area contributed by atoms with E-state index in [2.05, 4.69) is 46.9 Å². The summed E-state index contributed by atoms with van der Waals surface area (Å²) in [6.07, 6.45) is 6.90. The van der Waals surface area contributed by atoms with Gasteiger partial charge in [-0.15, -0.1) is 0 Å². The number of hydrogen-bond donors (Lipinski definition) is 1. The average molecular weight is 341 g/mol. The Morgan fingerprint density at radius 2 is 2.24 bits per heavy atom. The Hall–Kier alpha value is -1.85. The molecular formula is C20H27N3O2. The molecule has 1 N–H and O–H groups in total. The van der Waals surface area contributed by atoms with Gasteiger partial charge in [0.15, 0.2) is 0 Å². The van der Waals surface area contributed by atoms with Gasteiger partial charge in [0.2, 0.25) is 0 Å². The first-order chi connectivity index (χ1) is 12.0. The fraction of sp³-hybridized carbons (Fsp3) is 0.550. The molecule has 1 saturated heterocycles. The number of hydrogen-bond acceptors (Lipinski definition) is 4. The third kappa shape index (κ3) is 3.58. The van der Waals surface area contributed by atoms with Crippen LogP contribution in [0.3, 0.4) is 0 Å². The highest BCUT2D eigenvalue weighted by molar-refractivity contribution is 5.41. The largest absolute Gasteiger partial charge is 0.487 e. The molecule has 0 amide bonds. The Morgan fingerprint density at radius 1 is 1.36 bits per heavy atom. The molecule has 2 aliphatic heterocycles. The van der Waals surface area contributed by atoms with Crippen LogP contribution in [0.25, 0.3) is 0 Å². The summed E-state index contributed by atoms with van der Waals surface area (Å²) in [5.74, 6) is 1.04. The molecule has 0 bridgehead atoms. The quantitative estimate of drug-likeness (QED) is 0.928. The topological polar surface area (TPSA) is 48.3 Å². The number of aromatic nitrogens is 2. The van der Waals surface area contributed by atoms with Gasteiger partial charge in [0, 0.05) is 32.7 Å². The van der Waals surface area contributed by atoms with E-state index in [1.54, 1.807) is 0 Å². The maximum absolute atomic E-state index is 5.97. The zero-order valence-corrected chi connectivity index (χ0v) is 15.3. The molecule has 5 heteroatoms. The van der Waals surface area contributed by atoms with Crippen LogP contribution in [0.1, 0.15) is 49.6 Å². The molecule has 0 unspecified atom stereocenters. The minimum atomic E-state index is -0.0780. The molecule has 2 aromatic rings. The van der Waals surface area contributed by atoms with E-state index >= 15 is 0 Å². The molecule has 1 fully saturated rings. The Balaban J connectivity index is 1.37. The summed E-state index contributed by atoms with van der Waals surface area (Å²) in [6.45, 7) is 5.97. The van der Waals surface area contributed by atoms with Crippen LogP contribution in [0.4, 0.5) is 0 Å². The fourth-order valence-corrected chi connectivity index (χ4v) is 3.90. The predicted octanol–water partition coefficient (Wildman–Crippen LogP) is 3.14. The molecule has 134 valence electrons. The first kappa shape index (κ1) is 16.6. The monoisotopic (exact) mass is 341 g/mol. The first-order valence-corrected chi connectivity index (χ1v) is 9.12. The lowest BCUT2D eigenvalue weighted by molar-refractivity contribution is -0.00404. The summed E-state index contributed by atoms with van der Waals surface area (Å²) in [4.78, 5) is 4.21. The second-order valence-corrected chi connectivity index (χ2v) is 7.87. The van der Waals surface area contributed by atoms with Crippen LogP contribution in [-0.2, 0) is 24.8 Å². The minimum absolute atomic E-state index is 0.0780. The number of nitrogens with one attached hydrogen (secondary N) is 1. The van der Waals surface area contributed by atoms with Gasteiger partial charge in [-0.05, 0) is 43.9 Å². The van der Waals surface area contributed by atoms with E-state index < -0.39 is 0 Å². The van der Waals surface area contributed by atoms with Crippen molar-refractivity contribution in [1.82, 2.24) is 14.9 Å². The zero-order chi connectivity index (χ0) is 17.4. The van der Waals surface area contributed by atoms with Crippen LogP contribution in [-0.4, -0.2) is 27.8 Å². The number of fused-ring (bicyclic) bond motifs is 1. The molecular weight excluding hydrogens is 314 g/mol. The molecule has 0 saturated carbocycles. The van der Waals surface area contributed by atoms with Crippen molar-refractivity contribution in [3.8, 4) is 5.75 Å². The average Bonchev–Trinajstić information content (AvgIpc) is 3.14. The number of aryl methyl sites for hydroxylation is 1. The van der Waals surface area contributed by atoms with E-state index in [0.29, 0.717) is 6.04 Å². The Morgan fingerprint density at radius 3 is 3.04 bits per heavy atom. The summed E-state index contributed by atoms with van der Waals surface area (Å²) >= 11 is 0. The minimum Gasteiger partial charge on any atom is -0.487 e. The van der Waals surface area contributed by atoms with Crippen molar-refractivity contribution in [2.45, 2.75) is 57.4 Å². The summed E-state index contributed by atoms with van der Waals surface area (Å²) in [5, 5.41) is 3.71. The van der Waals surface area contributed by atoms with Crippen LogP contribution < -0.4 is 10.1 Å². The van der Waals surface area contributed by atoms with Crippen LogP contribution >= 0.6 is 0 Å². The van der Waals surface area contributed by atoms with Crippen molar-refractivity contribution in [3.05, 3.63) is 47.5 Å². The highest BCUT2D eigenvalue weighted by Gasteiger charge is 2.30. The van der Waals surface area contributed by atoms with Gasteiger partial charge in [0.05, 0.1) is 18.2 Å². The highest BCUT2D eigenvalue weighted by Crippen LogP contribution is 2.35. The lowest BCUT2D eigenvalue weighted by atomic mass is 9.99. The Kier molecular flexibility index (Phi) is 4.29.